The van der Waals surface area contributed by atoms with Crippen LogP contribution in [0.3, 0.4) is 0 Å². The fraction of sp³-hybridized carbons (Fsp3) is 0.167. The molecule has 1 radical (unpaired) electrons. The molecule has 0 unspecified atom stereocenters. The Morgan fingerprint density at radius 3 is 2.23 bits per heavy atom. The van der Waals surface area contributed by atoms with Crippen LogP contribution >= 0.6 is 0 Å². The zero-order valence-electron chi connectivity index (χ0n) is 31.9. The van der Waals surface area contributed by atoms with E-state index in [4.69, 9.17) is 12.1 Å². The number of pyridine rings is 2. The second-order valence-electron chi connectivity index (χ2n) is 14.6. The van der Waals surface area contributed by atoms with Crippen LogP contribution in [0.15, 0.2) is 144 Å². The summed E-state index contributed by atoms with van der Waals surface area (Å²) in [7, 11) is 0. The predicted octanol–water partition coefficient (Wildman–Crippen LogP) is 12.6. The van der Waals surface area contributed by atoms with Gasteiger partial charge in [-0.2, -0.15) is 0 Å². The molecule has 1 aliphatic rings. The van der Waals surface area contributed by atoms with Crippen LogP contribution in [0.1, 0.15) is 54.1 Å². The Labute approximate surface area is 323 Å². The van der Waals surface area contributed by atoms with Crippen LogP contribution in [0.5, 0.6) is 0 Å². The molecule has 0 N–H and O–H groups in total. The second-order valence-corrected chi connectivity index (χ2v) is 14.6. The van der Waals surface area contributed by atoms with Crippen molar-refractivity contribution in [1.29, 1.82) is 0 Å². The Hall–Kier alpha value is -5.15. The van der Waals surface area contributed by atoms with Crippen LogP contribution in [-0.4, -0.2) is 9.97 Å². The van der Waals surface area contributed by atoms with E-state index in [9.17, 15) is 0 Å². The van der Waals surface area contributed by atoms with Gasteiger partial charge in [-0.25, -0.2) is 0 Å². The molecule has 1 aliphatic carbocycles. The summed E-state index contributed by atoms with van der Waals surface area (Å²) >= 11 is 0. The molecule has 0 atom stereocenters. The van der Waals surface area contributed by atoms with Gasteiger partial charge in [0.15, 0.2) is 0 Å². The number of rotatable bonds is 4. The van der Waals surface area contributed by atoms with Crippen molar-refractivity contribution < 1.29 is 27.3 Å². The van der Waals surface area contributed by atoms with E-state index in [1.54, 1.807) is 6.20 Å². The minimum absolute atomic E-state index is 0. The van der Waals surface area contributed by atoms with Crippen molar-refractivity contribution in [1.82, 2.24) is 9.97 Å². The molecule has 8 aromatic rings. The van der Waals surface area contributed by atoms with Crippen LogP contribution in [0.2, 0.25) is 0 Å². The number of benzene rings is 5. The minimum atomic E-state index is -1.43. The van der Waals surface area contributed by atoms with Gasteiger partial charge in [-0.05, 0) is 80.3 Å². The third kappa shape index (κ3) is 6.65. The molecule has 259 valence electrons. The molecule has 4 heteroatoms. The molecule has 52 heavy (non-hydrogen) atoms. The van der Waals surface area contributed by atoms with E-state index in [0.717, 1.165) is 55.6 Å². The molecule has 3 aromatic heterocycles. The molecular formula is C48H40IrN2O-2. The Kier molecular flexibility index (Phi) is 8.88. The van der Waals surface area contributed by atoms with Gasteiger partial charge in [0, 0.05) is 46.0 Å². The van der Waals surface area contributed by atoms with E-state index in [0.29, 0.717) is 5.56 Å². The quantitative estimate of drug-likeness (QED) is 0.166. The fourth-order valence-electron chi connectivity index (χ4n) is 7.22. The summed E-state index contributed by atoms with van der Waals surface area (Å²) in [6.07, 6.45) is 2.17. The van der Waals surface area contributed by atoms with E-state index in [-0.39, 0.29) is 25.5 Å². The third-order valence-electron chi connectivity index (χ3n) is 9.54. The third-order valence-corrected chi connectivity index (χ3v) is 9.54. The van der Waals surface area contributed by atoms with Crippen molar-refractivity contribution in [2.75, 3.05) is 0 Å². The van der Waals surface area contributed by atoms with Gasteiger partial charge < -0.3 is 14.4 Å². The number of aromatic nitrogens is 2. The first-order chi connectivity index (χ1) is 25.4. The molecule has 0 spiro atoms. The van der Waals surface area contributed by atoms with Gasteiger partial charge in [0.1, 0.15) is 5.58 Å². The summed E-state index contributed by atoms with van der Waals surface area (Å²) in [5, 5.41) is 2.21. The van der Waals surface area contributed by atoms with Crippen LogP contribution in [-0.2, 0) is 31.9 Å². The number of furan rings is 1. The zero-order chi connectivity index (χ0) is 37.0. The number of fused-ring (bicyclic) bond motifs is 7. The van der Waals surface area contributed by atoms with E-state index in [1.165, 1.54) is 22.3 Å². The standard InChI is InChI=1S/C37H32NO.C11H8N.Ir/c1-36(2,3)22-23-13-15-24(16-14-23)25-19-20-38-31(21-25)27-10-8-11-28-34-32(39-35(27)28)18-17-30-33(34)26-9-6-7-12-29(26)37(30,4)5;1-2-6-10(7-3-1)11-8-4-5-9-12-11;/h6-9,11-21H,22H2,1-5H3;1-6,8-9H;/q2*-1;/i22D2;;. The summed E-state index contributed by atoms with van der Waals surface area (Å²) in [6.45, 7) is 10.4. The van der Waals surface area contributed by atoms with Crippen molar-refractivity contribution >= 4 is 21.9 Å². The van der Waals surface area contributed by atoms with Gasteiger partial charge in [-0.1, -0.05) is 118 Å². The smallest absolute Gasteiger partial charge is 0.121 e. The Morgan fingerprint density at radius 2 is 1.48 bits per heavy atom. The predicted molar refractivity (Wildman–Crippen MR) is 210 cm³/mol. The average molecular weight is 855 g/mol. The number of nitrogens with zero attached hydrogens (tertiary/aromatic N) is 2. The molecule has 5 aromatic carbocycles. The molecular weight excluding hydrogens is 813 g/mol. The maximum atomic E-state index is 8.61. The van der Waals surface area contributed by atoms with E-state index in [1.807, 2.05) is 106 Å². The molecule has 0 fully saturated rings. The summed E-state index contributed by atoms with van der Waals surface area (Å²) < 4.78 is 23.8. The Morgan fingerprint density at radius 1 is 0.712 bits per heavy atom. The molecule has 0 aliphatic heterocycles. The van der Waals surface area contributed by atoms with Crippen LogP contribution in [0.25, 0.3) is 66.7 Å². The summed E-state index contributed by atoms with van der Waals surface area (Å²) in [5.41, 5.74) is 12.6. The maximum Gasteiger partial charge on any atom is 0.121 e. The molecule has 9 rings (SSSR count). The zero-order valence-corrected chi connectivity index (χ0v) is 32.3. The monoisotopic (exact) mass is 855 g/mol. The molecule has 0 saturated heterocycles. The molecule has 0 saturated carbocycles. The Balaban J connectivity index is 0.000000294. The van der Waals surface area contributed by atoms with Gasteiger partial charge in [0.2, 0.25) is 0 Å². The first kappa shape index (κ1) is 32.7. The first-order valence-corrected chi connectivity index (χ1v) is 17.4. The van der Waals surface area contributed by atoms with Gasteiger partial charge >= 0.3 is 0 Å². The van der Waals surface area contributed by atoms with Gasteiger partial charge in [-0.3, -0.25) is 0 Å². The molecule has 3 nitrogen and oxygen atoms in total. The largest absolute Gasteiger partial charge is 0.501 e. The van der Waals surface area contributed by atoms with E-state index < -0.39 is 11.8 Å². The van der Waals surface area contributed by atoms with Crippen molar-refractivity contribution in [2.24, 2.45) is 5.41 Å². The van der Waals surface area contributed by atoms with Crippen LogP contribution in [0, 0.1) is 17.5 Å². The Bertz CT molecular complexity index is 2550. The summed E-state index contributed by atoms with van der Waals surface area (Å²) in [6, 6.07) is 49.1. The average Bonchev–Trinajstić information content (AvgIpc) is 3.67. The number of hydrogen-bond acceptors (Lipinski definition) is 3. The molecule has 3 heterocycles. The van der Waals surface area contributed by atoms with E-state index in [2.05, 4.69) is 79.5 Å². The van der Waals surface area contributed by atoms with Crippen LogP contribution < -0.4 is 0 Å². The maximum absolute atomic E-state index is 8.61. The molecule has 0 amide bonds. The summed E-state index contributed by atoms with van der Waals surface area (Å²) in [4.78, 5) is 8.94. The van der Waals surface area contributed by atoms with Crippen molar-refractivity contribution in [3.05, 3.63) is 169 Å². The van der Waals surface area contributed by atoms with Crippen molar-refractivity contribution in [3.63, 3.8) is 0 Å². The normalized spacial score (nSPS) is 13.6. The second kappa shape index (κ2) is 14.1. The van der Waals surface area contributed by atoms with Crippen LogP contribution in [0.4, 0.5) is 0 Å². The minimum Gasteiger partial charge on any atom is -0.501 e. The fourth-order valence-corrected chi connectivity index (χ4v) is 7.22. The van der Waals surface area contributed by atoms with Gasteiger partial charge in [0.25, 0.3) is 0 Å². The first-order valence-electron chi connectivity index (χ1n) is 18.4. The van der Waals surface area contributed by atoms with Gasteiger partial charge in [0.05, 0.1) is 5.58 Å². The van der Waals surface area contributed by atoms with Gasteiger partial charge in [-0.15, -0.1) is 54.1 Å². The SMILES string of the molecule is [2H]C([2H])(c1ccc(-c2ccnc(-c3[c-]ccc4c3oc3ccc5c(c34)-c3ccccc3C5(C)C)c2)cc1)C(C)(C)C.[Ir].[c-]1ccccc1-c1ccccn1. The van der Waals surface area contributed by atoms with Crippen molar-refractivity contribution in [3.8, 4) is 44.8 Å². The topological polar surface area (TPSA) is 38.9 Å². The number of hydrogen-bond donors (Lipinski definition) is 0. The van der Waals surface area contributed by atoms with E-state index >= 15 is 0 Å². The molecule has 0 bridgehead atoms. The summed E-state index contributed by atoms with van der Waals surface area (Å²) in [5.74, 6) is 0. The van der Waals surface area contributed by atoms with Crippen molar-refractivity contribution in [2.45, 2.75) is 46.4 Å².